The van der Waals surface area contributed by atoms with Crippen LogP contribution in [0.5, 0.6) is 11.5 Å². The molecule has 8 heteroatoms. The molecule has 0 radical (unpaired) electrons. The Morgan fingerprint density at radius 1 is 1.12 bits per heavy atom. The van der Waals surface area contributed by atoms with Crippen molar-refractivity contribution in [2.45, 2.75) is 51.6 Å². The van der Waals surface area contributed by atoms with Gasteiger partial charge in [0, 0.05) is 17.2 Å². The van der Waals surface area contributed by atoms with E-state index in [-0.39, 0.29) is 23.4 Å². The fourth-order valence-corrected chi connectivity index (χ4v) is 4.80. The summed E-state index contributed by atoms with van der Waals surface area (Å²) in [6.07, 6.45) is 3.78. The van der Waals surface area contributed by atoms with Gasteiger partial charge in [-0.05, 0) is 63.6 Å². The topological polar surface area (TPSA) is 121 Å². The summed E-state index contributed by atoms with van der Waals surface area (Å²) in [5.41, 5.74) is 8.18. The number of carbonyl (C=O) groups excluding carboxylic acids is 2. The van der Waals surface area contributed by atoms with Gasteiger partial charge in [-0.3, -0.25) is 9.59 Å². The average Bonchev–Trinajstić information content (AvgIpc) is 3.27. The van der Waals surface area contributed by atoms with E-state index in [0.717, 1.165) is 35.8 Å². The predicted octanol–water partition coefficient (Wildman–Crippen LogP) is 3.50. The Balaban J connectivity index is 1.51. The molecule has 0 spiro atoms. The van der Waals surface area contributed by atoms with E-state index in [1.54, 1.807) is 30.3 Å². The lowest BCUT2D eigenvalue weighted by atomic mass is 9.91. The molecule has 0 fully saturated rings. The summed E-state index contributed by atoms with van der Waals surface area (Å²) in [6.45, 7) is 3.70. The third-order valence-corrected chi connectivity index (χ3v) is 6.46. The second kappa shape index (κ2) is 8.20. The number of carbonyl (C=O) groups is 2. The lowest BCUT2D eigenvalue weighted by Crippen LogP contribution is -2.32. The molecule has 1 aliphatic heterocycles. The molecule has 0 saturated carbocycles. The number of aryl methyl sites for hydroxylation is 2. The van der Waals surface area contributed by atoms with Crippen LogP contribution in [0.15, 0.2) is 39.5 Å². The highest BCUT2D eigenvalue weighted by Crippen LogP contribution is 2.44. The average molecular weight is 463 g/mol. The predicted molar refractivity (Wildman–Crippen MR) is 127 cm³/mol. The van der Waals surface area contributed by atoms with Crippen LogP contribution >= 0.6 is 0 Å². The number of primary amides is 1. The van der Waals surface area contributed by atoms with Crippen LogP contribution < -0.4 is 26.1 Å². The summed E-state index contributed by atoms with van der Waals surface area (Å²) in [4.78, 5) is 37.0. The fraction of sp³-hybridized carbons (Fsp3) is 0.346. The maximum atomic E-state index is 12.7. The molecule has 0 saturated heterocycles. The molecule has 34 heavy (non-hydrogen) atoms. The molecular formula is C26H26N2O6. The quantitative estimate of drug-likeness (QED) is 0.560. The number of rotatable bonds is 5. The van der Waals surface area contributed by atoms with Crippen LogP contribution in [-0.2, 0) is 24.1 Å². The fourth-order valence-electron chi connectivity index (χ4n) is 4.80. The molecule has 0 bridgehead atoms. The van der Waals surface area contributed by atoms with Crippen LogP contribution in [0.3, 0.4) is 0 Å². The zero-order valence-electron chi connectivity index (χ0n) is 19.2. The minimum Gasteiger partial charge on any atom is -0.487 e. The highest BCUT2D eigenvalue weighted by atomic mass is 16.5. The van der Waals surface area contributed by atoms with Crippen LogP contribution in [0.4, 0.5) is 5.69 Å². The van der Waals surface area contributed by atoms with Gasteiger partial charge in [-0.1, -0.05) is 12.1 Å². The largest absolute Gasteiger partial charge is 0.487 e. The number of nitrogens with two attached hydrogens (primary N) is 1. The zero-order chi connectivity index (χ0) is 24.0. The summed E-state index contributed by atoms with van der Waals surface area (Å²) in [5.74, 6) is -0.0521. The van der Waals surface area contributed by atoms with E-state index in [9.17, 15) is 14.4 Å². The van der Waals surface area contributed by atoms with E-state index >= 15 is 0 Å². The SMILES string of the molecule is CC1(C)CCc2c(cc(OCC(=O)Nc3ccccc3C(N)=O)c3c4c(c(=O)oc23)CCC4)O1. The molecule has 1 aliphatic carbocycles. The van der Waals surface area contributed by atoms with Crippen molar-refractivity contribution in [2.24, 2.45) is 5.73 Å². The summed E-state index contributed by atoms with van der Waals surface area (Å²) >= 11 is 0. The van der Waals surface area contributed by atoms with Gasteiger partial charge in [0.25, 0.3) is 11.8 Å². The number of nitrogens with one attached hydrogen (secondary N) is 1. The number of fused-ring (bicyclic) bond motifs is 5. The second-order valence-corrected chi connectivity index (χ2v) is 9.36. The van der Waals surface area contributed by atoms with Crippen molar-refractivity contribution in [3.63, 3.8) is 0 Å². The summed E-state index contributed by atoms with van der Waals surface area (Å²) in [5, 5.41) is 3.41. The number of para-hydroxylation sites is 1. The molecule has 0 atom stereocenters. The van der Waals surface area contributed by atoms with E-state index in [2.05, 4.69) is 5.32 Å². The van der Waals surface area contributed by atoms with Gasteiger partial charge in [-0.2, -0.15) is 0 Å². The Bertz CT molecular complexity index is 1390. The molecule has 2 aromatic carbocycles. The van der Waals surface area contributed by atoms with Crippen molar-refractivity contribution in [3.8, 4) is 11.5 Å². The van der Waals surface area contributed by atoms with Gasteiger partial charge in [0.05, 0.1) is 16.6 Å². The van der Waals surface area contributed by atoms with Crippen LogP contribution in [0.25, 0.3) is 11.0 Å². The molecule has 0 unspecified atom stereocenters. The van der Waals surface area contributed by atoms with Gasteiger partial charge >= 0.3 is 5.63 Å². The maximum absolute atomic E-state index is 12.7. The summed E-state index contributed by atoms with van der Waals surface area (Å²) in [6, 6.07) is 8.30. The molecule has 2 aliphatic rings. The summed E-state index contributed by atoms with van der Waals surface area (Å²) < 4.78 is 17.9. The number of ether oxygens (including phenoxy) is 2. The van der Waals surface area contributed by atoms with Crippen LogP contribution in [-0.4, -0.2) is 24.0 Å². The lowest BCUT2D eigenvalue weighted by Gasteiger charge is -2.33. The standard InChI is InChI=1S/C26H26N2O6/c1-26(2)11-10-17-19(34-26)12-20(22-14-7-5-8-15(14)25(31)33-23(17)22)32-13-21(29)28-18-9-4-3-6-16(18)24(27)30/h3-4,6,9,12H,5,7-8,10-11,13H2,1-2H3,(H2,27,30)(H,28,29). The number of hydrogen-bond donors (Lipinski definition) is 2. The van der Waals surface area contributed by atoms with Gasteiger partial charge in [0.2, 0.25) is 0 Å². The maximum Gasteiger partial charge on any atom is 0.339 e. The molecule has 1 aromatic heterocycles. The van der Waals surface area contributed by atoms with Crippen molar-refractivity contribution in [1.82, 2.24) is 0 Å². The Hall–Kier alpha value is -3.81. The Morgan fingerprint density at radius 3 is 2.68 bits per heavy atom. The Labute approximate surface area is 196 Å². The number of amides is 2. The second-order valence-electron chi connectivity index (χ2n) is 9.36. The van der Waals surface area contributed by atoms with Crippen molar-refractivity contribution >= 4 is 28.5 Å². The normalized spacial score (nSPS) is 15.8. The smallest absolute Gasteiger partial charge is 0.339 e. The monoisotopic (exact) mass is 462 g/mol. The number of hydrogen-bond acceptors (Lipinski definition) is 6. The first kappa shape index (κ1) is 22.0. The molecule has 2 amide bonds. The Kier molecular flexibility index (Phi) is 5.31. The third-order valence-electron chi connectivity index (χ3n) is 6.46. The highest BCUT2D eigenvalue weighted by molar-refractivity contribution is 6.03. The van der Waals surface area contributed by atoms with Gasteiger partial charge in [-0.25, -0.2) is 4.79 Å². The van der Waals surface area contributed by atoms with Gasteiger partial charge in [0.15, 0.2) is 6.61 Å². The van der Waals surface area contributed by atoms with Crippen LogP contribution in [0, 0.1) is 0 Å². The molecule has 8 nitrogen and oxygen atoms in total. The van der Waals surface area contributed by atoms with Crippen molar-refractivity contribution in [1.29, 1.82) is 0 Å². The minimum absolute atomic E-state index is 0.213. The first-order valence-electron chi connectivity index (χ1n) is 11.4. The van der Waals surface area contributed by atoms with E-state index in [1.165, 1.54) is 0 Å². The molecular weight excluding hydrogens is 436 g/mol. The Morgan fingerprint density at radius 2 is 1.88 bits per heavy atom. The zero-order valence-corrected chi connectivity index (χ0v) is 19.2. The van der Waals surface area contributed by atoms with E-state index in [1.807, 2.05) is 13.8 Å². The van der Waals surface area contributed by atoms with Gasteiger partial charge in [0.1, 0.15) is 22.7 Å². The molecule has 2 heterocycles. The van der Waals surface area contributed by atoms with Crippen molar-refractivity contribution in [2.75, 3.05) is 11.9 Å². The number of benzene rings is 2. The minimum atomic E-state index is -0.636. The third kappa shape index (κ3) is 3.89. The first-order valence-corrected chi connectivity index (χ1v) is 11.4. The van der Waals surface area contributed by atoms with Crippen LogP contribution in [0.1, 0.15) is 53.7 Å². The van der Waals surface area contributed by atoms with E-state index < -0.39 is 11.8 Å². The molecule has 176 valence electrons. The lowest BCUT2D eigenvalue weighted by molar-refractivity contribution is -0.118. The molecule has 3 aromatic rings. The molecule has 3 N–H and O–H groups in total. The van der Waals surface area contributed by atoms with Gasteiger partial charge < -0.3 is 24.9 Å². The molecule has 5 rings (SSSR count). The van der Waals surface area contributed by atoms with Gasteiger partial charge in [-0.15, -0.1) is 0 Å². The van der Waals surface area contributed by atoms with E-state index in [4.69, 9.17) is 19.6 Å². The highest BCUT2D eigenvalue weighted by Gasteiger charge is 2.32. The van der Waals surface area contributed by atoms with Crippen molar-refractivity contribution < 1.29 is 23.5 Å². The van der Waals surface area contributed by atoms with Crippen molar-refractivity contribution in [3.05, 3.63) is 63.0 Å². The van der Waals surface area contributed by atoms with E-state index in [0.29, 0.717) is 41.2 Å². The summed E-state index contributed by atoms with van der Waals surface area (Å²) in [7, 11) is 0. The van der Waals surface area contributed by atoms with Crippen LogP contribution in [0.2, 0.25) is 0 Å². The number of anilines is 1. The first-order chi connectivity index (χ1) is 16.2.